The summed E-state index contributed by atoms with van der Waals surface area (Å²) in [6, 6.07) is 7.88. The maximum atomic E-state index is 6.05. The molecule has 0 saturated carbocycles. The first-order valence-corrected chi connectivity index (χ1v) is 7.36. The van der Waals surface area contributed by atoms with Gasteiger partial charge < -0.3 is 14.8 Å². The molecular weight excluding hydrogens is 262 g/mol. The van der Waals surface area contributed by atoms with E-state index in [0.29, 0.717) is 6.61 Å². The lowest BCUT2D eigenvalue weighted by Crippen LogP contribution is -2.26. The Kier molecular flexibility index (Phi) is 6.11. The van der Waals surface area contributed by atoms with Gasteiger partial charge in [0.2, 0.25) is 0 Å². The first-order chi connectivity index (χ1) is 9.29. The van der Waals surface area contributed by atoms with Gasteiger partial charge in [-0.2, -0.15) is 0 Å². The van der Waals surface area contributed by atoms with Crippen LogP contribution in [0.1, 0.15) is 31.4 Å². The van der Waals surface area contributed by atoms with Crippen LogP contribution in [0.15, 0.2) is 24.3 Å². The van der Waals surface area contributed by atoms with Gasteiger partial charge in [-0.05, 0) is 37.1 Å². The first-order valence-electron chi connectivity index (χ1n) is 6.99. The molecule has 2 rings (SSSR count). The number of likely N-dealkylation sites (N-methyl/N-ethyl adjacent to an activating group) is 1. The van der Waals surface area contributed by atoms with Crippen molar-refractivity contribution in [2.45, 2.75) is 32.0 Å². The van der Waals surface area contributed by atoms with E-state index in [-0.39, 0.29) is 12.2 Å². The fourth-order valence-electron chi connectivity index (χ4n) is 2.25. The second kappa shape index (κ2) is 7.85. The van der Waals surface area contributed by atoms with Gasteiger partial charge in [0.05, 0.1) is 18.8 Å². The molecule has 0 bridgehead atoms. The molecule has 0 aromatic heterocycles. The number of benzene rings is 1. The molecule has 1 aromatic carbocycles. The van der Waals surface area contributed by atoms with Gasteiger partial charge in [-0.15, -0.1) is 0 Å². The number of halogens is 1. The molecule has 1 N–H and O–H groups in total. The van der Waals surface area contributed by atoms with E-state index in [2.05, 4.69) is 18.3 Å². The van der Waals surface area contributed by atoms with Crippen LogP contribution in [-0.2, 0) is 9.47 Å². The number of ether oxygens (including phenoxy) is 2. The fourth-order valence-corrected chi connectivity index (χ4v) is 2.45. The lowest BCUT2D eigenvalue weighted by atomic mass is 10.1. The molecule has 3 nitrogen and oxygen atoms in total. The van der Waals surface area contributed by atoms with Gasteiger partial charge in [0, 0.05) is 18.2 Å². The Balaban J connectivity index is 1.94. The SMILES string of the molecule is CCNCC(OCC1CCCO1)c1cccc(Cl)c1. The van der Waals surface area contributed by atoms with Gasteiger partial charge in [0.1, 0.15) is 0 Å². The summed E-state index contributed by atoms with van der Waals surface area (Å²) in [6.07, 6.45) is 2.53. The summed E-state index contributed by atoms with van der Waals surface area (Å²) in [5.41, 5.74) is 1.12. The van der Waals surface area contributed by atoms with Crippen molar-refractivity contribution in [2.75, 3.05) is 26.3 Å². The van der Waals surface area contributed by atoms with E-state index in [4.69, 9.17) is 21.1 Å². The predicted molar refractivity (Wildman–Crippen MR) is 77.7 cm³/mol. The molecule has 0 spiro atoms. The third-order valence-corrected chi connectivity index (χ3v) is 3.54. The van der Waals surface area contributed by atoms with Gasteiger partial charge in [-0.3, -0.25) is 0 Å². The van der Waals surface area contributed by atoms with Gasteiger partial charge in [0.15, 0.2) is 0 Å². The predicted octanol–water partition coefficient (Wildman–Crippen LogP) is 3.19. The Morgan fingerprint density at radius 2 is 2.42 bits per heavy atom. The van der Waals surface area contributed by atoms with E-state index in [1.807, 2.05) is 18.2 Å². The highest BCUT2D eigenvalue weighted by Gasteiger charge is 2.19. The maximum absolute atomic E-state index is 6.05. The van der Waals surface area contributed by atoms with Crippen molar-refractivity contribution in [2.24, 2.45) is 0 Å². The second-order valence-electron chi connectivity index (χ2n) is 4.82. The molecule has 2 atom stereocenters. The molecule has 19 heavy (non-hydrogen) atoms. The number of hydrogen-bond acceptors (Lipinski definition) is 3. The molecule has 106 valence electrons. The van der Waals surface area contributed by atoms with Crippen molar-refractivity contribution in [3.05, 3.63) is 34.9 Å². The molecule has 1 heterocycles. The van der Waals surface area contributed by atoms with Crippen molar-refractivity contribution in [1.29, 1.82) is 0 Å². The number of rotatable bonds is 7. The Labute approximate surface area is 120 Å². The third-order valence-electron chi connectivity index (χ3n) is 3.31. The van der Waals surface area contributed by atoms with Crippen LogP contribution >= 0.6 is 11.6 Å². The maximum Gasteiger partial charge on any atom is 0.0951 e. The number of hydrogen-bond donors (Lipinski definition) is 1. The fraction of sp³-hybridized carbons (Fsp3) is 0.600. The highest BCUT2D eigenvalue weighted by molar-refractivity contribution is 6.30. The smallest absolute Gasteiger partial charge is 0.0951 e. The zero-order valence-corrected chi connectivity index (χ0v) is 12.2. The molecular formula is C15H22ClNO2. The van der Waals surface area contributed by atoms with E-state index >= 15 is 0 Å². The van der Waals surface area contributed by atoms with Gasteiger partial charge >= 0.3 is 0 Å². The molecule has 0 radical (unpaired) electrons. The Hall–Kier alpha value is -0.610. The van der Waals surface area contributed by atoms with E-state index in [9.17, 15) is 0 Å². The van der Waals surface area contributed by atoms with E-state index in [1.165, 1.54) is 0 Å². The largest absolute Gasteiger partial charge is 0.376 e. The van der Waals surface area contributed by atoms with Crippen LogP contribution in [0, 0.1) is 0 Å². The minimum absolute atomic E-state index is 0.0304. The van der Waals surface area contributed by atoms with Crippen molar-refractivity contribution in [3.8, 4) is 0 Å². The molecule has 1 aliphatic rings. The lowest BCUT2D eigenvalue weighted by Gasteiger charge is -2.21. The summed E-state index contributed by atoms with van der Waals surface area (Å²) in [5.74, 6) is 0. The summed E-state index contributed by atoms with van der Waals surface area (Å²) in [5, 5.41) is 4.08. The highest BCUT2D eigenvalue weighted by atomic mass is 35.5. The summed E-state index contributed by atoms with van der Waals surface area (Å²) >= 11 is 6.05. The standard InChI is InChI=1S/C15H22ClNO2/c1-2-17-10-15(12-5-3-6-13(16)9-12)19-11-14-7-4-8-18-14/h3,5-6,9,14-15,17H,2,4,7-8,10-11H2,1H3. The summed E-state index contributed by atoms with van der Waals surface area (Å²) in [6.45, 7) is 5.34. The van der Waals surface area contributed by atoms with E-state index in [1.54, 1.807) is 0 Å². The summed E-state index contributed by atoms with van der Waals surface area (Å²) in [4.78, 5) is 0. The average Bonchev–Trinajstić information content (AvgIpc) is 2.92. The van der Waals surface area contributed by atoms with Gasteiger partial charge in [-0.1, -0.05) is 30.7 Å². The van der Waals surface area contributed by atoms with Crippen LogP contribution in [0.2, 0.25) is 5.02 Å². The zero-order chi connectivity index (χ0) is 13.5. The second-order valence-corrected chi connectivity index (χ2v) is 5.26. The molecule has 1 saturated heterocycles. The van der Waals surface area contributed by atoms with Crippen LogP contribution in [0.4, 0.5) is 0 Å². The molecule has 4 heteroatoms. The Morgan fingerprint density at radius 1 is 1.53 bits per heavy atom. The molecule has 0 aliphatic carbocycles. The quantitative estimate of drug-likeness (QED) is 0.834. The summed E-state index contributed by atoms with van der Waals surface area (Å²) in [7, 11) is 0. The molecule has 1 aromatic rings. The molecule has 2 unspecified atom stereocenters. The van der Waals surface area contributed by atoms with Crippen molar-refractivity contribution >= 4 is 11.6 Å². The van der Waals surface area contributed by atoms with Crippen molar-refractivity contribution in [1.82, 2.24) is 5.32 Å². The number of nitrogens with one attached hydrogen (secondary N) is 1. The van der Waals surface area contributed by atoms with Crippen LogP contribution in [0.3, 0.4) is 0 Å². The zero-order valence-electron chi connectivity index (χ0n) is 11.4. The minimum Gasteiger partial charge on any atom is -0.376 e. The minimum atomic E-state index is 0.0304. The average molecular weight is 284 g/mol. The molecule has 0 amide bonds. The van der Waals surface area contributed by atoms with Gasteiger partial charge in [-0.25, -0.2) is 0 Å². The molecule has 1 aliphatic heterocycles. The Morgan fingerprint density at radius 3 is 3.11 bits per heavy atom. The first kappa shape index (κ1) is 14.8. The van der Waals surface area contributed by atoms with Crippen LogP contribution in [0.5, 0.6) is 0 Å². The third kappa shape index (κ3) is 4.77. The van der Waals surface area contributed by atoms with Crippen LogP contribution in [0.25, 0.3) is 0 Å². The topological polar surface area (TPSA) is 30.5 Å². The summed E-state index contributed by atoms with van der Waals surface area (Å²) < 4.78 is 11.6. The normalized spacial score (nSPS) is 20.6. The lowest BCUT2D eigenvalue weighted by molar-refractivity contribution is -0.0208. The van der Waals surface area contributed by atoms with Crippen LogP contribution < -0.4 is 5.32 Å². The van der Waals surface area contributed by atoms with Gasteiger partial charge in [0.25, 0.3) is 0 Å². The Bertz CT molecular complexity index is 380. The highest BCUT2D eigenvalue weighted by Crippen LogP contribution is 2.22. The van der Waals surface area contributed by atoms with Crippen molar-refractivity contribution < 1.29 is 9.47 Å². The van der Waals surface area contributed by atoms with Crippen LogP contribution in [-0.4, -0.2) is 32.4 Å². The molecule has 1 fully saturated rings. The van der Waals surface area contributed by atoms with E-state index in [0.717, 1.165) is 43.1 Å². The monoisotopic (exact) mass is 283 g/mol. The van der Waals surface area contributed by atoms with E-state index < -0.39 is 0 Å². The van der Waals surface area contributed by atoms with Crippen molar-refractivity contribution in [3.63, 3.8) is 0 Å².